The van der Waals surface area contributed by atoms with Crippen molar-refractivity contribution in [3.63, 3.8) is 0 Å². The van der Waals surface area contributed by atoms with Crippen molar-refractivity contribution in [2.45, 2.75) is 20.3 Å². The molecule has 0 spiro atoms. The van der Waals surface area contributed by atoms with E-state index in [1.54, 1.807) is 4.90 Å². The van der Waals surface area contributed by atoms with Crippen LogP contribution in [0.5, 0.6) is 0 Å². The van der Waals surface area contributed by atoms with Crippen LogP contribution in [0.4, 0.5) is 5.69 Å². The molecule has 1 amide bonds. The minimum atomic E-state index is -0.0784. The highest BCUT2D eigenvalue weighted by Gasteiger charge is 2.42. The molecule has 27 heavy (non-hydrogen) atoms. The maximum Gasteiger partial charge on any atom is 0.264 e. The van der Waals surface area contributed by atoms with Gasteiger partial charge in [0.2, 0.25) is 0 Å². The monoisotopic (exact) mass is 438 g/mol. The molecule has 2 aromatic carbocycles. The number of aromatic nitrogens is 1. The summed E-state index contributed by atoms with van der Waals surface area (Å²) in [6, 6.07) is 13.3. The zero-order valence-corrected chi connectivity index (χ0v) is 17.2. The Balaban J connectivity index is 1.85. The van der Waals surface area contributed by atoms with Gasteiger partial charge in [-0.1, -0.05) is 47.5 Å². The molecule has 2 aliphatic rings. The number of fused-ring (bicyclic) bond motifs is 2. The van der Waals surface area contributed by atoms with Crippen LogP contribution in [0.15, 0.2) is 53.0 Å². The normalized spacial score (nSPS) is 17.3. The van der Waals surface area contributed by atoms with E-state index in [9.17, 15) is 4.79 Å². The molecule has 0 radical (unpaired) electrons. The van der Waals surface area contributed by atoms with Gasteiger partial charge in [0.1, 0.15) is 0 Å². The molecule has 0 unspecified atom stereocenters. The Morgan fingerprint density at radius 3 is 2.59 bits per heavy atom. The molecule has 5 rings (SSSR count). The molecule has 3 aromatic rings. The molecule has 1 aliphatic heterocycles. The molecule has 0 saturated heterocycles. The van der Waals surface area contributed by atoms with Crippen LogP contribution in [0.1, 0.15) is 35.5 Å². The largest absolute Gasteiger partial charge is 0.277 e. The number of rotatable bonds is 1. The maximum absolute atomic E-state index is 13.6. The fourth-order valence-electron chi connectivity index (χ4n) is 4.08. The van der Waals surface area contributed by atoms with Gasteiger partial charge in [0.05, 0.1) is 22.5 Å². The summed E-state index contributed by atoms with van der Waals surface area (Å²) in [5, 5.41) is 1.53. The summed E-state index contributed by atoms with van der Waals surface area (Å²) in [5.74, 6) is -0.0111. The van der Waals surface area contributed by atoms with Crippen LogP contribution in [-0.2, 0) is 6.42 Å². The Bertz CT molecular complexity index is 1170. The highest BCUT2D eigenvalue weighted by molar-refractivity contribution is 9.10. The van der Waals surface area contributed by atoms with Crippen molar-refractivity contribution in [2.24, 2.45) is 5.41 Å². The van der Waals surface area contributed by atoms with E-state index in [4.69, 9.17) is 16.6 Å². The van der Waals surface area contributed by atoms with Gasteiger partial charge in [-0.25, -0.2) is 0 Å². The third-order valence-electron chi connectivity index (χ3n) is 5.17. The number of amides is 1. The number of benzene rings is 2. The van der Waals surface area contributed by atoms with Crippen LogP contribution in [0.2, 0.25) is 5.02 Å². The van der Waals surface area contributed by atoms with Crippen molar-refractivity contribution in [3.05, 3.63) is 74.9 Å². The molecule has 1 aliphatic carbocycles. The lowest BCUT2D eigenvalue weighted by molar-refractivity contribution is 0.101. The van der Waals surface area contributed by atoms with Crippen LogP contribution >= 0.6 is 27.5 Å². The first-order valence-electron chi connectivity index (χ1n) is 8.79. The van der Waals surface area contributed by atoms with E-state index in [1.165, 1.54) is 0 Å². The highest BCUT2D eigenvalue weighted by atomic mass is 79.9. The molecule has 0 atom stereocenters. The topological polar surface area (TPSA) is 33.2 Å². The summed E-state index contributed by atoms with van der Waals surface area (Å²) in [6.07, 6.45) is 3.01. The van der Waals surface area contributed by atoms with Gasteiger partial charge in [0.15, 0.2) is 0 Å². The van der Waals surface area contributed by atoms with E-state index in [-0.39, 0.29) is 11.3 Å². The van der Waals surface area contributed by atoms with Gasteiger partial charge < -0.3 is 0 Å². The Morgan fingerprint density at radius 1 is 1.11 bits per heavy atom. The second-order valence-electron chi connectivity index (χ2n) is 7.78. The van der Waals surface area contributed by atoms with Crippen molar-refractivity contribution < 1.29 is 4.79 Å². The van der Waals surface area contributed by atoms with Gasteiger partial charge in [-0.05, 0) is 54.3 Å². The maximum atomic E-state index is 13.6. The Kier molecular flexibility index (Phi) is 3.56. The van der Waals surface area contributed by atoms with Gasteiger partial charge in [0, 0.05) is 26.1 Å². The van der Waals surface area contributed by atoms with E-state index in [0.717, 1.165) is 50.0 Å². The van der Waals surface area contributed by atoms with Crippen LogP contribution in [0, 0.1) is 5.41 Å². The van der Waals surface area contributed by atoms with Crippen molar-refractivity contribution in [1.29, 1.82) is 0 Å². The number of carbonyl (C=O) groups is 1. The average molecular weight is 440 g/mol. The zero-order chi connectivity index (χ0) is 18.9. The van der Waals surface area contributed by atoms with Crippen LogP contribution < -0.4 is 4.90 Å². The first-order valence-corrected chi connectivity index (χ1v) is 9.96. The summed E-state index contributed by atoms with van der Waals surface area (Å²) in [4.78, 5) is 20.3. The number of halogens is 2. The minimum Gasteiger partial charge on any atom is -0.277 e. The number of hydrogen-bond donors (Lipinski definition) is 0. The number of allylic oxidation sites excluding steroid dienone is 1. The summed E-state index contributed by atoms with van der Waals surface area (Å²) >= 11 is 9.59. The molecule has 3 nitrogen and oxygen atoms in total. The van der Waals surface area contributed by atoms with E-state index < -0.39 is 0 Å². The Hall–Kier alpha value is -2.17. The fourth-order valence-corrected chi connectivity index (χ4v) is 4.57. The van der Waals surface area contributed by atoms with E-state index in [2.05, 4.69) is 35.9 Å². The lowest BCUT2D eigenvalue weighted by Gasteiger charge is -2.30. The Morgan fingerprint density at radius 2 is 1.85 bits per heavy atom. The lowest BCUT2D eigenvalue weighted by Crippen LogP contribution is -2.26. The molecule has 0 bridgehead atoms. The molecule has 1 aromatic heterocycles. The second-order valence-corrected chi connectivity index (χ2v) is 9.13. The summed E-state index contributed by atoms with van der Waals surface area (Å²) < 4.78 is 0.937. The molecule has 5 heteroatoms. The van der Waals surface area contributed by atoms with Gasteiger partial charge in [-0.15, -0.1) is 0 Å². The third kappa shape index (κ3) is 2.54. The van der Waals surface area contributed by atoms with Gasteiger partial charge in [-0.3, -0.25) is 14.7 Å². The highest BCUT2D eigenvalue weighted by Crippen LogP contribution is 2.47. The molecule has 134 valence electrons. The van der Waals surface area contributed by atoms with E-state index in [0.29, 0.717) is 5.02 Å². The summed E-state index contributed by atoms with van der Waals surface area (Å²) in [5.41, 5.74) is 5.23. The second kappa shape index (κ2) is 5.66. The minimum absolute atomic E-state index is 0.0111. The van der Waals surface area contributed by atoms with Crippen molar-refractivity contribution in [2.75, 3.05) is 4.90 Å². The van der Waals surface area contributed by atoms with Crippen molar-refractivity contribution in [3.8, 4) is 0 Å². The average Bonchev–Trinajstić information content (AvgIpc) is 2.89. The standard InChI is InChI=1S/C22H16BrClN2O/c1-22(2)10-17-20-18(11-22)26(14-6-4-13(24)5-7-14)21(27)19(20)15-9-12(23)3-8-16(15)25-17/h3-9,11H,10H2,1-2H3. The molecular weight excluding hydrogens is 424 g/mol. The van der Waals surface area contributed by atoms with Gasteiger partial charge in [-0.2, -0.15) is 0 Å². The predicted molar refractivity (Wildman–Crippen MR) is 113 cm³/mol. The predicted octanol–water partition coefficient (Wildman–Crippen LogP) is 6.23. The van der Waals surface area contributed by atoms with Crippen molar-refractivity contribution >= 4 is 55.7 Å². The SMILES string of the molecule is CC1(C)C=C2c3c(nc4ccc(Br)cc4c3C(=O)N2c2ccc(Cl)cc2)C1. The fraction of sp³-hybridized carbons (Fsp3) is 0.182. The van der Waals surface area contributed by atoms with Crippen LogP contribution in [-0.4, -0.2) is 10.9 Å². The van der Waals surface area contributed by atoms with Crippen LogP contribution in [0.25, 0.3) is 16.6 Å². The van der Waals surface area contributed by atoms with Gasteiger partial charge >= 0.3 is 0 Å². The van der Waals surface area contributed by atoms with E-state index in [1.807, 2.05) is 42.5 Å². The zero-order valence-electron chi connectivity index (χ0n) is 14.9. The summed E-state index contributed by atoms with van der Waals surface area (Å²) in [6.45, 7) is 4.36. The number of nitrogens with zero attached hydrogens (tertiary/aromatic N) is 2. The number of carbonyl (C=O) groups excluding carboxylic acids is 1. The lowest BCUT2D eigenvalue weighted by atomic mass is 9.79. The molecule has 0 saturated carbocycles. The summed E-state index contributed by atoms with van der Waals surface area (Å²) in [7, 11) is 0. The number of anilines is 1. The smallest absolute Gasteiger partial charge is 0.264 e. The first-order chi connectivity index (χ1) is 12.8. The molecular formula is C22H16BrClN2O. The third-order valence-corrected chi connectivity index (χ3v) is 5.92. The molecule has 0 fully saturated rings. The van der Waals surface area contributed by atoms with E-state index >= 15 is 0 Å². The van der Waals surface area contributed by atoms with Crippen molar-refractivity contribution in [1.82, 2.24) is 4.98 Å². The first kappa shape index (κ1) is 17.0. The van der Waals surface area contributed by atoms with Gasteiger partial charge in [0.25, 0.3) is 5.91 Å². The Labute approximate surface area is 170 Å². The molecule has 0 N–H and O–H groups in total. The van der Waals surface area contributed by atoms with Crippen LogP contribution in [0.3, 0.4) is 0 Å². The quantitative estimate of drug-likeness (QED) is 0.450. The number of pyridine rings is 1. The molecule has 2 heterocycles. The number of hydrogen-bond acceptors (Lipinski definition) is 2.